The minimum absolute atomic E-state index is 0.122. The maximum Gasteiger partial charge on any atom is 0.341 e. The summed E-state index contributed by atoms with van der Waals surface area (Å²) < 4.78 is 1.24. The summed E-state index contributed by atoms with van der Waals surface area (Å²) in [5.74, 6) is -1.16. The molecule has 0 aliphatic heterocycles. The normalized spacial score (nSPS) is 13.7. The number of nitrogens with zero attached hydrogens (tertiary/aromatic N) is 2. The fourth-order valence-corrected chi connectivity index (χ4v) is 2.92. The summed E-state index contributed by atoms with van der Waals surface area (Å²) in [6.07, 6.45) is 3.22. The van der Waals surface area contributed by atoms with Crippen molar-refractivity contribution in [3.63, 3.8) is 0 Å². The average Bonchev–Trinajstić information content (AvgIpc) is 2.49. The van der Waals surface area contributed by atoms with E-state index < -0.39 is 11.5 Å². The number of carbonyl (C=O) groups is 1. The predicted molar refractivity (Wildman–Crippen MR) is 82.9 cm³/mol. The van der Waals surface area contributed by atoms with E-state index in [0.29, 0.717) is 17.7 Å². The smallest absolute Gasteiger partial charge is 0.341 e. The molecule has 1 heterocycles. The number of aromatic carboxylic acids is 1. The van der Waals surface area contributed by atoms with E-state index in [0.717, 1.165) is 36.1 Å². The highest BCUT2D eigenvalue weighted by Gasteiger charge is 2.24. The largest absolute Gasteiger partial charge is 0.477 e. The maximum absolute atomic E-state index is 12.6. The van der Waals surface area contributed by atoms with Crippen LogP contribution in [0.4, 0.5) is 0 Å². The molecule has 2 aromatic rings. The lowest BCUT2D eigenvalue weighted by molar-refractivity contribution is 0.0692. The van der Waals surface area contributed by atoms with Crippen molar-refractivity contribution in [3.8, 4) is 5.69 Å². The third-order valence-electron chi connectivity index (χ3n) is 4.32. The number of carboxylic acids is 1. The fraction of sp³-hybridized carbons (Fsp3) is 0.353. The van der Waals surface area contributed by atoms with Crippen molar-refractivity contribution >= 4 is 5.97 Å². The molecule has 1 aromatic carbocycles. The number of benzene rings is 1. The molecule has 1 aromatic heterocycles. The third kappa shape index (κ3) is 2.32. The lowest BCUT2D eigenvalue weighted by atomic mass is 9.93. The van der Waals surface area contributed by atoms with Gasteiger partial charge in [-0.3, -0.25) is 4.79 Å². The number of hydrogen-bond donors (Lipinski definition) is 1. The molecule has 5 nitrogen and oxygen atoms in total. The second-order valence-electron chi connectivity index (χ2n) is 5.80. The highest BCUT2D eigenvalue weighted by molar-refractivity contribution is 5.89. The quantitative estimate of drug-likeness (QED) is 0.924. The lowest BCUT2D eigenvalue weighted by Crippen LogP contribution is -2.32. The van der Waals surface area contributed by atoms with Gasteiger partial charge in [0.1, 0.15) is 5.56 Å². The molecule has 22 heavy (non-hydrogen) atoms. The van der Waals surface area contributed by atoms with Crippen molar-refractivity contribution in [3.05, 3.63) is 56.5 Å². The van der Waals surface area contributed by atoms with E-state index in [1.54, 1.807) is 6.07 Å². The van der Waals surface area contributed by atoms with Crippen LogP contribution in [0.2, 0.25) is 0 Å². The molecule has 114 valence electrons. The summed E-state index contributed by atoms with van der Waals surface area (Å²) in [7, 11) is 0. The van der Waals surface area contributed by atoms with Gasteiger partial charge in [-0.2, -0.15) is 9.78 Å². The Hall–Kier alpha value is -2.43. The molecule has 0 bridgehead atoms. The Morgan fingerprint density at radius 3 is 2.59 bits per heavy atom. The molecule has 0 radical (unpaired) electrons. The summed E-state index contributed by atoms with van der Waals surface area (Å²) in [5.41, 5.74) is 3.46. The van der Waals surface area contributed by atoms with Gasteiger partial charge in [0.15, 0.2) is 0 Å². The Bertz CT molecular complexity index is 821. The van der Waals surface area contributed by atoms with Crippen LogP contribution in [0.15, 0.2) is 23.0 Å². The minimum atomic E-state index is -1.16. The van der Waals surface area contributed by atoms with Crippen LogP contribution in [0.3, 0.4) is 0 Å². The number of rotatable bonds is 2. The number of fused-ring (bicyclic) bond motifs is 1. The highest BCUT2D eigenvalue weighted by atomic mass is 16.4. The molecule has 1 aliphatic rings. The van der Waals surface area contributed by atoms with Crippen molar-refractivity contribution in [2.45, 2.75) is 39.5 Å². The molecule has 1 aliphatic carbocycles. The second-order valence-corrected chi connectivity index (χ2v) is 5.80. The monoisotopic (exact) mass is 298 g/mol. The first-order valence-electron chi connectivity index (χ1n) is 7.45. The standard InChI is InChI=1S/C17H18N2O3/c1-10-7-8-12(9-11(10)2)19-16(20)15(17(21)22)13-5-3-4-6-14(13)18-19/h7-9H,3-6H2,1-2H3,(H,21,22). The molecule has 3 rings (SSSR count). The zero-order valence-electron chi connectivity index (χ0n) is 12.7. The molecule has 0 saturated heterocycles. The van der Waals surface area contributed by atoms with Gasteiger partial charge in [-0.05, 0) is 68.4 Å². The molecule has 0 atom stereocenters. The van der Waals surface area contributed by atoms with E-state index in [-0.39, 0.29) is 5.56 Å². The van der Waals surface area contributed by atoms with E-state index in [4.69, 9.17) is 0 Å². The third-order valence-corrected chi connectivity index (χ3v) is 4.32. The van der Waals surface area contributed by atoms with Gasteiger partial charge in [-0.1, -0.05) is 6.07 Å². The summed E-state index contributed by atoms with van der Waals surface area (Å²) >= 11 is 0. The summed E-state index contributed by atoms with van der Waals surface area (Å²) in [6.45, 7) is 3.95. The molecule has 5 heteroatoms. The molecule has 0 spiro atoms. The van der Waals surface area contributed by atoms with Crippen molar-refractivity contribution in [2.75, 3.05) is 0 Å². The first kappa shape index (κ1) is 14.5. The predicted octanol–water partition coefficient (Wildman–Crippen LogP) is 2.43. The zero-order valence-corrected chi connectivity index (χ0v) is 12.7. The number of hydrogen-bond acceptors (Lipinski definition) is 3. The SMILES string of the molecule is Cc1ccc(-n2nc3c(c(C(=O)O)c2=O)CCCC3)cc1C. The van der Waals surface area contributed by atoms with Crippen LogP contribution >= 0.6 is 0 Å². The van der Waals surface area contributed by atoms with Crippen LogP contribution in [-0.4, -0.2) is 20.9 Å². The Morgan fingerprint density at radius 1 is 1.18 bits per heavy atom. The molecular weight excluding hydrogens is 280 g/mol. The highest BCUT2D eigenvalue weighted by Crippen LogP contribution is 2.22. The van der Waals surface area contributed by atoms with Crippen LogP contribution in [-0.2, 0) is 12.8 Å². The van der Waals surface area contributed by atoms with Gasteiger partial charge in [0.05, 0.1) is 11.4 Å². The van der Waals surface area contributed by atoms with Crippen molar-refractivity contribution in [1.29, 1.82) is 0 Å². The Kier molecular flexibility index (Phi) is 3.56. The molecule has 0 amide bonds. The zero-order chi connectivity index (χ0) is 15.9. The first-order chi connectivity index (χ1) is 10.5. The van der Waals surface area contributed by atoms with Crippen LogP contribution < -0.4 is 5.56 Å². The average molecular weight is 298 g/mol. The Labute approximate surface area is 128 Å². The second kappa shape index (κ2) is 5.40. The maximum atomic E-state index is 12.6. The van der Waals surface area contributed by atoms with E-state index >= 15 is 0 Å². The topological polar surface area (TPSA) is 72.2 Å². The van der Waals surface area contributed by atoms with Gasteiger partial charge in [0, 0.05) is 0 Å². The van der Waals surface area contributed by atoms with Crippen LogP contribution in [0, 0.1) is 13.8 Å². The van der Waals surface area contributed by atoms with Crippen molar-refractivity contribution < 1.29 is 9.90 Å². The molecular formula is C17H18N2O3. The summed E-state index contributed by atoms with van der Waals surface area (Å²) in [4.78, 5) is 24.2. The molecule has 0 fully saturated rings. The number of aromatic nitrogens is 2. The van der Waals surface area contributed by atoms with Gasteiger partial charge in [-0.15, -0.1) is 0 Å². The van der Waals surface area contributed by atoms with E-state index in [1.807, 2.05) is 26.0 Å². The van der Waals surface area contributed by atoms with E-state index in [1.165, 1.54) is 4.68 Å². The molecule has 1 N–H and O–H groups in total. The van der Waals surface area contributed by atoms with Gasteiger partial charge in [0.2, 0.25) is 0 Å². The van der Waals surface area contributed by atoms with Gasteiger partial charge >= 0.3 is 5.97 Å². The van der Waals surface area contributed by atoms with Gasteiger partial charge in [0.25, 0.3) is 5.56 Å². The van der Waals surface area contributed by atoms with Crippen molar-refractivity contribution in [2.24, 2.45) is 0 Å². The Balaban J connectivity index is 2.28. The van der Waals surface area contributed by atoms with Crippen LogP contribution in [0.25, 0.3) is 5.69 Å². The summed E-state index contributed by atoms with van der Waals surface area (Å²) in [5, 5.41) is 13.9. The number of aryl methyl sites for hydroxylation is 3. The fourth-order valence-electron chi connectivity index (χ4n) is 2.92. The van der Waals surface area contributed by atoms with Gasteiger partial charge < -0.3 is 5.11 Å². The van der Waals surface area contributed by atoms with Crippen LogP contribution in [0.5, 0.6) is 0 Å². The van der Waals surface area contributed by atoms with Gasteiger partial charge in [-0.25, -0.2) is 4.79 Å². The summed E-state index contributed by atoms with van der Waals surface area (Å²) in [6, 6.07) is 5.58. The lowest BCUT2D eigenvalue weighted by Gasteiger charge is -2.18. The van der Waals surface area contributed by atoms with Crippen molar-refractivity contribution in [1.82, 2.24) is 9.78 Å². The first-order valence-corrected chi connectivity index (χ1v) is 7.45. The molecule has 0 saturated carbocycles. The number of carboxylic acid groups (broad SMARTS) is 1. The molecule has 0 unspecified atom stereocenters. The van der Waals surface area contributed by atoms with Crippen LogP contribution in [0.1, 0.15) is 45.6 Å². The minimum Gasteiger partial charge on any atom is -0.477 e. The van der Waals surface area contributed by atoms with E-state index in [9.17, 15) is 14.7 Å². The Morgan fingerprint density at radius 2 is 1.91 bits per heavy atom. The van der Waals surface area contributed by atoms with E-state index in [2.05, 4.69) is 5.10 Å².